The highest BCUT2D eigenvalue weighted by Gasteiger charge is 2.50. The Hall–Kier alpha value is -6.94. The van der Waals surface area contributed by atoms with E-state index in [-0.39, 0.29) is 107 Å². The molecule has 0 amide bonds. The topological polar surface area (TPSA) is 773 Å². The van der Waals surface area contributed by atoms with E-state index in [2.05, 4.69) is 81.6 Å². The lowest BCUT2D eigenvalue weighted by atomic mass is 10.2. The van der Waals surface area contributed by atoms with Gasteiger partial charge in [-0.2, -0.15) is 19.9 Å². The Morgan fingerprint density at radius 1 is 0.402 bits per heavy atom. The summed E-state index contributed by atoms with van der Waals surface area (Å²) in [4.78, 5) is 208. The third-order valence-electron chi connectivity index (χ3n) is 20.5. The van der Waals surface area contributed by atoms with Gasteiger partial charge in [0.05, 0.1) is 102 Å². The predicted molar refractivity (Wildman–Crippen MR) is 455 cm³/mol. The van der Waals surface area contributed by atoms with Gasteiger partial charge in [0.15, 0.2) is 45.0 Å². The lowest BCUT2D eigenvalue weighted by Crippen LogP contribution is -2.33. The monoisotopic (exact) mass is 2010 g/mol. The van der Waals surface area contributed by atoms with Gasteiger partial charge in [0.25, 0.3) is 22.2 Å². The second-order valence-electron chi connectivity index (χ2n) is 29.0. The summed E-state index contributed by atoms with van der Waals surface area (Å²) >= 11 is 32.6. The van der Waals surface area contributed by atoms with Gasteiger partial charge in [-0.05, 0) is 83.8 Å². The molecule has 0 saturated carbocycles. The van der Waals surface area contributed by atoms with Gasteiger partial charge in [0.1, 0.15) is 91.7 Å². The van der Waals surface area contributed by atoms with E-state index in [4.69, 9.17) is 166 Å². The number of nitrogens with zero attached hydrogens (tertiary/aromatic N) is 16. The lowest BCUT2D eigenvalue weighted by Gasteiger charge is -2.28. The van der Waals surface area contributed by atoms with Crippen LogP contribution >= 0.6 is 40.3 Å². The van der Waals surface area contributed by atoms with E-state index < -0.39 is 224 Å². The average Bonchev–Trinajstić information content (AvgIpc) is 1.63. The smallest absolute Gasteiger partial charge is 0.351 e. The molecule has 0 radical (unpaired) electrons. The molecule has 56 nitrogen and oxygen atoms in total. The number of nitrogens with two attached hydrogens (primary N) is 5. The molecule has 6 saturated heterocycles. The number of aryl methyl sites for hydroxylation is 1. The van der Waals surface area contributed by atoms with Crippen LogP contribution in [0.15, 0.2) is 78.9 Å². The van der Waals surface area contributed by atoms with Gasteiger partial charge in [0, 0.05) is 56.5 Å². The summed E-state index contributed by atoms with van der Waals surface area (Å²) < 4.78 is 111. The van der Waals surface area contributed by atoms with Crippen LogP contribution in [0, 0.1) is 6.92 Å². The summed E-state index contributed by atoms with van der Waals surface area (Å²) in [6.45, 7) is -30.2. The van der Waals surface area contributed by atoms with Gasteiger partial charge in [-0.25, -0.2) is 39.5 Å². The van der Waals surface area contributed by atoms with Gasteiger partial charge in [-0.15, -0.1) is 0 Å². The molecule has 23 atom stereocenters. The average molecular weight is 2010 g/mol. The fraction of sp³-hybridized carbons (Fsp3) is 0.525. The molecule has 0 aliphatic carbocycles. The Morgan fingerprint density at radius 2 is 0.724 bits per heavy atom. The van der Waals surface area contributed by atoms with Crippen LogP contribution in [0.4, 0.5) is 29.5 Å². The van der Waals surface area contributed by atoms with Crippen LogP contribution in [0.3, 0.4) is 0 Å². The molecule has 16 rings (SSSR count). The zero-order valence-electron chi connectivity index (χ0n) is 64.6. The number of fused-ring (bicyclic) bond motifs is 4. The van der Waals surface area contributed by atoms with Gasteiger partial charge >= 0.3 is 51.7 Å². The fourth-order valence-electron chi connectivity index (χ4n) is 14.7. The van der Waals surface area contributed by atoms with E-state index in [1.165, 1.54) is 75.3 Å². The van der Waals surface area contributed by atoms with E-state index in [1.54, 1.807) is 0 Å². The van der Waals surface area contributed by atoms with Crippen LogP contribution < -0.4 is 62.3 Å². The van der Waals surface area contributed by atoms with Crippen molar-refractivity contribution in [3.8, 4) is 0 Å². The van der Waals surface area contributed by atoms with Crippen LogP contribution in [-0.2, 0) is 149 Å². The van der Waals surface area contributed by atoms with Crippen LogP contribution in [0.1, 0.15) is 81.5 Å². The Balaban J connectivity index is 0.620. The number of hydrogen-bond donors (Lipinski definition) is 17. The van der Waals surface area contributed by atoms with Crippen LogP contribution in [0.25, 0.3) is 44.7 Å². The minimum atomic E-state index is -4.73. The van der Waals surface area contributed by atoms with Crippen molar-refractivity contribution >= 4 is 185 Å². The molecule has 6 fully saturated rings. The molecule has 10 aromatic rings. The first-order valence-corrected chi connectivity index (χ1v) is 52.9. The molecular formula is C59H75N25O31P6S6. The Labute approximate surface area is 738 Å². The number of aromatic amines is 4. The number of hydrogen-bond acceptors (Lipinski definition) is 45. The SMILES string of the molecule is Cc1cn(C2CC(OP(O)(=S)OCC3OC(n4cnc5c(=O)[nH]c(N)nc54)CC3OP(O)(=S)OCC3OC(n4cnc5c(=O)[nH]c(N)nc54)CC3OP(O)(=S)OCC3OC(n4cnc5c(=O)[nH]c(N)nc54)CC3OP(O)(=S)OCC3OC(n4ccc(N)nc4=O)CC3OP(O)(=S)OCC3OC(n4cnc5c(N)ncnc54)CC3O)C(COP(O)(O)=S)O2)c(=O)[nH]c1=O. The van der Waals surface area contributed by atoms with Crippen molar-refractivity contribution < 1.29 is 118 Å². The van der Waals surface area contributed by atoms with Crippen molar-refractivity contribution in [2.24, 2.45) is 0 Å². The first-order valence-electron chi connectivity index (χ1n) is 37.3. The summed E-state index contributed by atoms with van der Waals surface area (Å²) in [6.07, 6.45) is -16.1. The number of rotatable bonds is 34. The van der Waals surface area contributed by atoms with Crippen molar-refractivity contribution in [1.82, 2.24) is 97.2 Å². The molecule has 23 unspecified atom stereocenters. The zero-order chi connectivity index (χ0) is 90.5. The number of aromatic nitrogens is 20. The minimum Gasteiger partial charge on any atom is -0.390 e. The molecule has 0 spiro atoms. The molecule has 0 aromatic carbocycles. The van der Waals surface area contributed by atoms with Gasteiger partial charge in [0.2, 0.25) is 17.8 Å². The fourth-order valence-corrected chi connectivity index (χ4v) is 22.6. The number of imidazole rings is 4. The molecule has 127 heavy (non-hydrogen) atoms. The predicted octanol–water partition coefficient (Wildman–Crippen LogP) is -2.34. The quantitative estimate of drug-likeness (QED) is 0.0188. The van der Waals surface area contributed by atoms with E-state index in [1.807, 2.05) is 0 Å². The molecule has 68 heteroatoms. The largest absolute Gasteiger partial charge is 0.390 e. The van der Waals surface area contributed by atoms with Crippen molar-refractivity contribution in [3.05, 3.63) is 118 Å². The third kappa shape index (κ3) is 21.3. The van der Waals surface area contributed by atoms with Gasteiger partial charge in [-0.3, -0.25) is 66.5 Å². The number of ether oxygens (including phenoxy) is 6. The maximum atomic E-state index is 13.3. The number of nitrogen functional groups attached to an aromatic ring is 5. The number of aliphatic hydroxyl groups is 1. The molecule has 6 aliphatic heterocycles. The van der Waals surface area contributed by atoms with Gasteiger partial charge < -0.3 is 146 Å². The van der Waals surface area contributed by atoms with Crippen molar-refractivity contribution in [2.75, 3.05) is 68.3 Å². The minimum absolute atomic E-state index is 0.0225. The number of nitrogens with one attached hydrogen (secondary N) is 4. The van der Waals surface area contributed by atoms with Crippen molar-refractivity contribution in [1.29, 1.82) is 0 Å². The summed E-state index contributed by atoms with van der Waals surface area (Å²) in [5, 5.41) is 11.1. The van der Waals surface area contributed by atoms with Crippen molar-refractivity contribution in [3.63, 3.8) is 0 Å². The second kappa shape index (κ2) is 36.9. The summed E-state index contributed by atoms with van der Waals surface area (Å²) in [6, 6.07) is 1.31. The highest BCUT2D eigenvalue weighted by Crippen LogP contribution is 2.57. The van der Waals surface area contributed by atoms with Crippen molar-refractivity contribution in [2.45, 2.75) is 156 Å². The molecule has 16 heterocycles. The highest BCUT2D eigenvalue weighted by molar-refractivity contribution is 8.08. The molecule has 10 aromatic heterocycles. The first kappa shape index (κ1) is 93.3. The molecule has 0 bridgehead atoms. The summed E-state index contributed by atoms with van der Waals surface area (Å²) in [5.74, 6) is -0.961. The molecule has 6 aliphatic rings. The first-order chi connectivity index (χ1) is 59.9. The Morgan fingerprint density at radius 3 is 1.09 bits per heavy atom. The summed E-state index contributed by atoms with van der Waals surface area (Å²) in [5.41, 5.74) is 25.0. The maximum Gasteiger partial charge on any atom is 0.351 e. The number of H-pyrrole nitrogens is 4. The summed E-state index contributed by atoms with van der Waals surface area (Å²) in [7, 11) is 0. The van der Waals surface area contributed by atoms with Gasteiger partial charge in [-0.1, -0.05) is 0 Å². The van der Waals surface area contributed by atoms with E-state index in [0.717, 1.165) is 9.13 Å². The van der Waals surface area contributed by atoms with E-state index >= 15 is 0 Å². The molecule has 22 N–H and O–H groups in total. The third-order valence-corrected chi connectivity index (χ3v) is 29.2. The molecule has 688 valence electrons. The van der Waals surface area contributed by atoms with E-state index in [0.29, 0.717) is 11.2 Å². The number of aliphatic hydroxyl groups excluding tert-OH is 1. The normalized spacial score (nSPS) is 28.9. The molecular weight excluding hydrogens is 1930 g/mol. The second-order valence-corrected chi connectivity index (χ2v) is 45.6. The number of anilines is 5. The van der Waals surface area contributed by atoms with Crippen LogP contribution in [-0.4, -0.2) is 249 Å². The zero-order valence-corrected chi connectivity index (χ0v) is 74.9. The van der Waals surface area contributed by atoms with Crippen LogP contribution in [0.2, 0.25) is 0 Å². The Kier molecular flexibility index (Phi) is 27.1. The highest BCUT2D eigenvalue weighted by atomic mass is 32.5. The van der Waals surface area contributed by atoms with Crippen LogP contribution in [0.5, 0.6) is 0 Å². The standard InChI is InChI=1S/C59H75N25O31P6S6/c1-22-10-80(59(91)78-51(22)86)38-6-25(30(107-38)12-99-116(92,93)122)112-118(95,124)102-14-32-27(8-40(108-32)83-20-69-44-49(83)73-56(63)76-53(44)88)114-120(97,126)104-16-34-28(9-41(110-34)84-21-70-45-50(84)74-57(64)77-54(45)89)115-121(98,127)103-15-33-26(7-39(109-33)82-19-68-43-48(82)72-55(62)75-52(43)87)113-119(96,125)101-13-31-24(5-37(106-31)79-3-2-35(60)71-58(79)90)111-117(94,123)100-11-29-23(85)4-36(105-29)81-18-67-42-46(61)65-17-66-47(42)81/h2-3,10,17-21,23-34,36-41,85H,4-9,11-16H2,1H3,(H,94,123)(H,95,124)(H,96,125)(H,97,126)(H,98,127)(H2,60,71,90)(H2,61,65,66)(H,78,86,91)(H2,92,93,122)(H3,62,72,75,87)(H3,63,73,76,88)(H3,64,74,77,89). The maximum absolute atomic E-state index is 13.3. The Bertz CT molecular complexity index is 6580. The lowest BCUT2D eigenvalue weighted by molar-refractivity contribution is -0.0566. The van der Waals surface area contributed by atoms with E-state index in [9.17, 15) is 68.1 Å².